The first-order valence-electron chi connectivity index (χ1n) is 11.5. The topological polar surface area (TPSA) is 83.5 Å². The smallest absolute Gasteiger partial charge is 0.303 e. The van der Waals surface area contributed by atoms with Crippen LogP contribution in [0.15, 0.2) is 73.3 Å². The van der Waals surface area contributed by atoms with Crippen LogP contribution in [0.25, 0.3) is 0 Å². The first kappa shape index (κ1) is 21.3. The molecule has 1 fully saturated rings. The van der Waals surface area contributed by atoms with Crippen LogP contribution in [-0.2, 0) is 41.6 Å². The van der Waals surface area contributed by atoms with Crippen molar-refractivity contribution in [3.05, 3.63) is 84.4 Å². The van der Waals surface area contributed by atoms with Gasteiger partial charge in [0.15, 0.2) is 12.4 Å². The summed E-state index contributed by atoms with van der Waals surface area (Å²) in [4.78, 5) is 11.9. The van der Waals surface area contributed by atoms with E-state index in [1.54, 1.807) is 48.5 Å². The van der Waals surface area contributed by atoms with Crippen molar-refractivity contribution in [2.45, 2.75) is 50.8 Å². The highest BCUT2D eigenvalue weighted by Gasteiger charge is 2.49. The highest BCUT2D eigenvalue weighted by atomic mass is 16.7. The van der Waals surface area contributed by atoms with E-state index in [1.807, 2.05) is 12.1 Å². The third-order valence-corrected chi connectivity index (χ3v) is 4.77. The van der Waals surface area contributed by atoms with Crippen LogP contribution in [0, 0.1) is 0 Å². The quantitative estimate of drug-likeness (QED) is 0.421. The molecule has 7 nitrogen and oxygen atoms in total. The van der Waals surface area contributed by atoms with Crippen molar-refractivity contribution in [2.24, 2.45) is 0 Å². The number of aliphatic hydroxyl groups is 1. The van der Waals surface area contributed by atoms with E-state index in [2.05, 4.69) is 6.58 Å². The first-order chi connectivity index (χ1) is 16.4. The molecule has 0 spiro atoms. The van der Waals surface area contributed by atoms with Crippen LogP contribution in [0.4, 0.5) is 0 Å². The predicted molar refractivity (Wildman–Crippen MR) is 117 cm³/mol. The molecule has 0 aliphatic carbocycles. The standard InChI is InChI=1S/C25H30O7/c1-3-14-28-25-24(30-17-20-12-8-5-9-13-20)23(29-16-19-10-6-4-7-11-19)22(31-18(2)27)21(15-26)32-25/h3-13,21-26H,1,14-17H2,2H3/t21-,22-,23+,24-,25?/m1/s1/i16D,17D/t16?,17?,21-,22-,23+,24-,25?. The lowest BCUT2D eigenvalue weighted by molar-refractivity contribution is -0.319. The maximum absolute atomic E-state index is 11.9. The molecule has 172 valence electrons. The number of ether oxygens (including phenoxy) is 5. The summed E-state index contributed by atoms with van der Waals surface area (Å²) in [5.74, 6) is -0.614. The van der Waals surface area contributed by atoms with Gasteiger partial charge < -0.3 is 28.8 Å². The minimum Gasteiger partial charge on any atom is -0.457 e. The molecule has 1 aliphatic heterocycles. The van der Waals surface area contributed by atoms with E-state index in [9.17, 15) is 9.90 Å². The Balaban J connectivity index is 1.96. The summed E-state index contributed by atoms with van der Waals surface area (Å²) in [7, 11) is 0. The Morgan fingerprint density at radius 3 is 2.06 bits per heavy atom. The second-order valence-corrected chi connectivity index (χ2v) is 7.18. The SMILES string of the molecule is [2H]C(O[C@H]1[C@H](OC(C)=O)[C@@H](CO)OC(OCC=C)[C@@H]1OC([2H])c1ccccc1)c1ccccc1. The van der Waals surface area contributed by atoms with Gasteiger partial charge in [0, 0.05) is 6.92 Å². The Morgan fingerprint density at radius 2 is 1.56 bits per heavy atom. The second kappa shape index (κ2) is 12.5. The molecule has 1 N–H and O–H groups in total. The van der Waals surface area contributed by atoms with E-state index < -0.39 is 56.4 Å². The van der Waals surface area contributed by atoms with E-state index in [-0.39, 0.29) is 6.61 Å². The second-order valence-electron chi connectivity index (χ2n) is 7.18. The lowest BCUT2D eigenvalue weighted by atomic mass is 9.98. The van der Waals surface area contributed by atoms with Gasteiger partial charge in [-0.25, -0.2) is 0 Å². The molecule has 3 rings (SSSR count). The lowest BCUT2D eigenvalue weighted by Gasteiger charge is -2.44. The normalized spacial score (nSPS) is 28.1. The molecule has 0 aromatic heterocycles. The Morgan fingerprint density at radius 1 is 1.00 bits per heavy atom. The number of hydrogen-bond acceptors (Lipinski definition) is 7. The zero-order chi connectivity index (χ0) is 24.5. The third-order valence-electron chi connectivity index (χ3n) is 4.77. The van der Waals surface area contributed by atoms with Gasteiger partial charge in [-0.05, 0) is 11.1 Å². The minimum atomic E-state index is -1.16. The van der Waals surface area contributed by atoms with Crippen molar-refractivity contribution >= 4 is 5.97 Å². The van der Waals surface area contributed by atoms with Gasteiger partial charge >= 0.3 is 5.97 Å². The van der Waals surface area contributed by atoms with Crippen LogP contribution >= 0.6 is 0 Å². The lowest BCUT2D eigenvalue weighted by Crippen LogP contribution is -2.62. The van der Waals surface area contributed by atoms with Gasteiger partial charge in [0.05, 0.1) is 29.1 Å². The first-order valence-corrected chi connectivity index (χ1v) is 10.4. The molecule has 7 heteroatoms. The molecular formula is C25H30O7. The van der Waals surface area contributed by atoms with Crippen molar-refractivity contribution in [2.75, 3.05) is 13.2 Å². The summed E-state index contributed by atoms with van der Waals surface area (Å²) < 4.78 is 46.3. The summed E-state index contributed by atoms with van der Waals surface area (Å²) in [6, 6.07) is 17.8. The van der Waals surface area contributed by atoms with Crippen molar-refractivity contribution in [3.8, 4) is 0 Å². The van der Waals surface area contributed by atoms with Crippen molar-refractivity contribution in [1.29, 1.82) is 0 Å². The summed E-state index contributed by atoms with van der Waals surface area (Å²) in [5, 5.41) is 9.96. The molecule has 1 heterocycles. The number of benzene rings is 2. The Hall–Kier alpha value is -2.55. The molecule has 2 aromatic carbocycles. The van der Waals surface area contributed by atoms with Crippen LogP contribution < -0.4 is 0 Å². The van der Waals surface area contributed by atoms with E-state index >= 15 is 0 Å². The summed E-state index contributed by atoms with van der Waals surface area (Å²) in [5.41, 5.74) is 1.16. The van der Waals surface area contributed by atoms with E-state index in [1.165, 1.54) is 13.0 Å². The van der Waals surface area contributed by atoms with Crippen molar-refractivity contribution in [3.63, 3.8) is 0 Å². The fourth-order valence-corrected chi connectivity index (χ4v) is 3.33. The van der Waals surface area contributed by atoms with E-state index in [0.717, 1.165) is 0 Å². The molecule has 0 bridgehead atoms. The van der Waals surface area contributed by atoms with Crippen LogP contribution in [0.2, 0.25) is 0 Å². The monoisotopic (exact) mass is 444 g/mol. The molecular weight excluding hydrogens is 412 g/mol. The number of carbonyl (C=O) groups is 1. The Bertz CT molecular complexity index is 899. The summed E-state index contributed by atoms with van der Waals surface area (Å²) in [6.45, 7) is 2.19. The van der Waals surface area contributed by atoms with Gasteiger partial charge in [-0.15, -0.1) is 6.58 Å². The molecule has 2 aromatic rings. The van der Waals surface area contributed by atoms with Crippen LogP contribution in [-0.4, -0.2) is 55.0 Å². The molecule has 3 unspecified atom stereocenters. The average Bonchev–Trinajstić information content (AvgIpc) is 2.85. The summed E-state index contributed by atoms with van der Waals surface area (Å²) >= 11 is 0. The third kappa shape index (κ3) is 6.72. The van der Waals surface area contributed by atoms with E-state index in [0.29, 0.717) is 11.1 Å². The van der Waals surface area contributed by atoms with Gasteiger partial charge in [-0.2, -0.15) is 0 Å². The zero-order valence-electron chi connectivity index (χ0n) is 19.9. The fourth-order valence-electron chi connectivity index (χ4n) is 3.33. The van der Waals surface area contributed by atoms with Crippen molar-refractivity contribution < 1.29 is 36.3 Å². The van der Waals surface area contributed by atoms with Crippen LogP contribution in [0.3, 0.4) is 0 Å². The minimum absolute atomic E-state index is 0.102. The zero-order valence-corrected chi connectivity index (χ0v) is 17.9. The highest BCUT2D eigenvalue weighted by Crippen LogP contribution is 2.30. The van der Waals surface area contributed by atoms with Crippen LogP contribution in [0.1, 0.15) is 20.8 Å². The highest BCUT2D eigenvalue weighted by molar-refractivity contribution is 5.66. The number of esters is 1. The maximum Gasteiger partial charge on any atom is 0.303 e. The molecule has 1 saturated heterocycles. The largest absolute Gasteiger partial charge is 0.457 e. The number of aliphatic hydroxyl groups excluding tert-OH is 1. The Kier molecular flexibility index (Phi) is 8.31. The Labute approximate surface area is 191 Å². The van der Waals surface area contributed by atoms with Gasteiger partial charge in [0.1, 0.15) is 18.3 Å². The van der Waals surface area contributed by atoms with Gasteiger partial charge in [0.25, 0.3) is 0 Å². The number of carbonyl (C=O) groups excluding carboxylic acids is 1. The average molecular weight is 445 g/mol. The maximum atomic E-state index is 11.9. The predicted octanol–water partition coefficient (Wildman–Crippen LogP) is 3.01. The van der Waals surface area contributed by atoms with Gasteiger partial charge in [-0.3, -0.25) is 4.79 Å². The van der Waals surface area contributed by atoms with Gasteiger partial charge in [-0.1, -0.05) is 66.7 Å². The van der Waals surface area contributed by atoms with E-state index in [4.69, 9.17) is 26.4 Å². The molecule has 7 atom stereocenters. The summed E-state index contributed by atoms with van der Waals surface area (Å²) in [6.07, 6.45) is -3.79. The van der Waals surface area contributed by atoms with Gasteiger partial charge in [0.2, 0.25) is 0 Å². The number of rotatable bonds is 11. The molecule has 0 amide bonds. The molecule has 1 aliphatic rings. The fraction of sp³-hybridized carbons (Fsp3) is 0.400. The molecule has 0 saturated carbocycles. The van der Waals surface area contributed by atoms with Crippen molar-refractivity contribution in [1.82, 2.24) is 0 Å². The van der Waals surface area contributed by atoms with Crippen LogP contribution in [0.5, 0.6) is 0 Å². The molecule has 32 heavy (non-hydrogen) atoms. The molecule has 0 radical (unpaired) electrons. The number of hydrogen-bond donors (Lipinski definition) is 1.